The number of rotatable bonds is 9. The van der Waals surface area contributed by atoms with Crippen LogP contribution in [0.2, 0.25) is 0 Å². The average Bonchev–Trinajstić information content (AvgIpc) is 2.82. The van der Waals surface area contributed by atoms with Crippen LogP contribution in [0.4, 0.5) is 18.9 Å². The largest absolute Gasteiger partial charge is 0.487 e. The molecule has 0 unspecified atom stereocenters. The van der Waals surface area contributed by atoms with Gasteiger partial charge in [-0.05, 0) is 42.8 Å². The lowest BCUT2D eigenvalue weighted by atomic mass is 10.1. The van der Waals surface area contributed by atoms with E-state index in [1.165, 1.54) is 24.3 Å². The summed E-state index contributed by atoms with van der Waals surface area (Å²) in [7, 11) is -4.38. The first-order valence-electron chi connectivity index (χ1n) is 10.3. The predicted octanol–water partition coefficient (Wildman–Crippen LogP) is 4.14. The van der Waals surface area contributed by atoms with Gasteiger partial charge in [0.15, 0.2) is 0 Å². The van der Waals surface area contributed by atoms with Crippen LogP contribution in [0.15, 0.2) is 77.7 Å². The van der Waals surface area contributed by atoms with Crippen LogP contribution in [0, 0.1) is 6.92 Å². The summed E-state index contributed by atoms with van der Waals surface area (Å²) >= 11 is 0. The molecule has 0 aromatic heterocycles. The van der Waals surface area contributed by atoms with Crippen molar-refractivity contribution >= 4 is 15.7 Å². The number of hydrogen-bond donors (Lipinski definition) is 2. The van der Waals surface area contributed by atoms with Gasteiger partial charge in [0, 0.05) is 0 Å². The quantitative estimate of drug-likeness (QED) is 0.466. The van der Waals surface area contributed by atoms with Crippen molar-refractivity contribution in [3.63, 3.8) is 0 Å². The summed E-state index contributed by atoms with van der Waals surface area (Å²) in [5.74, 6) is -0.359. The molecule has 0 saturated carbocycles. The van der Waals surface area contributed by atoms with Crippen molar-refractivity contribution in [3.05, 3.63) is 89.5 Å². The number of aliphatic hydroxyl groups excluding tert-OH is 2. The van der Waals surface area contributed by atoms with E-state index in [4.69, 9.17) is 4.74 Å². The maximum absolute atomic E-state index is 13.5. The standard InChI is InChI=1S/C24H24F3NO5S/c1-17-7-9-18(10-8-17)16-33-23-13-19(24(25,26)27)11-12-22(23)28(20(14-29)15-30)34(31,32)21-5-3-2-4-6-21/h2-13,20,29-30H,14-16H2,1H3. The summed E-state index contributed by atoms with van der Waals surface area (Å²) in [5, 5.41) is 19.6. The third-order valence-corrected chi connectivity index (χ3v) is 6.97. The van der Waals surface area contributed by atoms with Gasteiger partial charge in [-0.25, -0.2) is 8.42 Å². The Labute approximate surface area is 195 Å². The van der Waals surface area contributed by atoms with Crippen LogP contribution in [-0.2, 0) is 22.8 Å². The van der Waals surface area contributed by atoms with Gasteiger partial charge in [-0.3, -0.25) is 4.31 Å². The highest BCUT2D eigenvalue weighted by Crippen LogP contribution is 2.39. The number of benzene rings is 3. The fourth-order valence-corrected chi connectivity index (χ4v) is 4.93. The summed E-state index contributed by atoms with van der Waals surface area (Å²) in [6, 6.07) is 15.3. The molecule has 0 atom stereocenters. The molecule has 0 aliphatic carbocycles. The SMILES string of the molecule is Cc1ccc(COc2cc(C(F)(F)F)ccc2N(C(CO)CO)S(=O)(=O)c2ccccc2)cc1. The van der Waals surface area contributed by atoms with Crippen molar-refractivity contribution in [3.8, 4) is 5.75 Å². The molecule has 3 aromatic rings. The minimum atomic E-state index is -4.70. The fraction of sp³-hybridized carbons (Fsp3) is 0.250. The van der Waals surface area contributed by atoms with Crippen molar-refractivity contribution in [2.24, 2.45) is 0 Å². The Morgan fingerprint density at radius 2 is 1.56 bits per heavy atom. The molecule has 0 spiro atoms. The van der Waals surface area contributed by atoms with Gasteiger partial charge in [-0.1, -0.05) is 48.0 Å². The van der Waals surface area contributed by atoms with Crippen LogP contribution in [-0.4, -0.2) is 37.9 Å². The number of sulfonamides is 1. The number of aryl methyl sites for hydroxylation is 1. The zero-order valence-corrected chi connectivity index (χ0v) is 19.1. The van der Waals surface area contributed by atoms with Crippen molar-refractivity contribution in [1.82, 2.24) is 0 Å². The Hall–Kier alpha value is -3.08. The number of hydrogen-bond acceptors (Lipinski definition) is 5. The maximum Gasteiger partial charge on any atom is 0.416 e. The van der Waals surface area contributed by atoms with Crippen molar-refractivity contribution in [2.45, 2.75) is 30.6 Å². The average molecular weight is 496 g/mol. The topological polar surface area (TPSA) is 87.1 Å². The molecule has 10 heteroatoms. The van der Waals surface area contributed by atoms with Gasteiger partial charge in [0.25, 0.3) is 10.0 Å². The minimum absolute atomic E-state index is 0.128. The first-order valence-corrected chi connectivity index (χ1v) is 11.7. The Bertz CT molecular complexity index is 1200. The number of anilines is 1. The van der Waals surface area contributed by atoms with Gasteiger partial charge >= 0.3 is 6.18 Å². The van der Waals surface area contributed by atoms with E-state index in [-0.39, 0.29) is 22.9 Å². The van der Waals surface area contributed by atoms with E-state index >= 15 is 0 Å². The summed E-state index contributed by atoms with van der Waals surface area (Å²) in [6.45, 7) is 0.199. The summed E-state index contributed by atoms with van der Waals surface area (Å²) in [4.78, 5) is -0.161. The van der Waals surface area contributed by atoms with Crippen molar-refractivity contribution < 1.29 is 36.5 Å². The molecule has 0 saturated heterocycles. The number of nitrogens with zero attached hydrogens (tertiary/aromatic N) is 1. The van der Waals surface area contributed by atoms with E-state index in [1.807, 2.05) is 19.1 Å². The lowest BCUT2D eigenvalue weighted by Gasteiger charge is -2.32. The van der Waals surface area contributed by atoms with Crippen LogP contribution in [0.1, 0.15) is 16.7 Å². The molecule has 0 fully saturated rings. The van der Waals surface area contributed by atoms with Crippen LogP contribution in [0.5, 0.6) is 5.75 Å². The zero-order valence-electron chi connectivity index (χ0n) is 18.2. The fourth-order valence-electron chi connectivity index (χ4n) is 3.27. The van der Waals surface area contributed by atoms with Crippen LogP contribution >= 0.6 is 0 Å². The molecule has 3 aromatic carbocycles. The van der Waals surface area contributed by atoms with Crippen molar-refractivity contribution in [2.75, 3.05) is 17.5 Å². The normalized spacial score (nSPS) is 12.1. The van der Waals surface area contributed by atoms with Crippen LogP contribution in [0.3, 0.4) is 0 Å². The first-order chi connectivity index (χ1) is 16.1. The van der Waals surface area contributed by atoms with Gasteiger partial charge in [-0.15, -0.1) is 0 Å². The molecular formula is C24H24F3NO5S. The lowest BCUT2D eigenvalue weighted by molar-refractivity contribution is -0.137. The van der Waals surface area contributed by atoms with E-state index in [2.05, 4.69) is 0 Å². The van der Waals surface area contributed by atoms with Gasteiger partial charge in [0.05, 0.1) is 35.4 Å². The molecule has 0 bridgehead atoms. The van der Waals surface area contributed by atoms with E-state index < -0.39 is 41.0 Å². The molecule has 6 nitrogen and oxygen atoms in total. The second kappa shape index (κ2) is 10.5. The Morgan fingerprint density at radius 3 is 2.12 bits per heavy atom. The Morgan fingerprint density at radius 1 is 0.941 bits per heavy atom. The molecule has 2 N–H and O–H groups in total. The number of alkyl halides is 3. The molecular weight excluding hydrogens is 471 g/mol. The lowest BCUT2D eigenvalue weighted by Crippen LogP contribution is -2.45. The third-order valence-electron chi connectivity index (χ3n) is 5.09. The summed E-state index contributed by atoms with van der Waals surface area (Å²) in [6.07, 6.45) is -4.70. The minimum Gasteiger partial charge on any atom is -0.487 e. The molecule has 182 valence electrons. The van der Waals surface area contributed by atoms with Gasteiger partial charge in [0.2, 0.25) is 0 Å². The Kier molecular flexibility index (Phi) is 7.86. The molecule has 3 rings (SSSR count). The monoisotopic (exact) mass is 495 g/mol. The maximum atomic E-state index is 13.5. The van der Waals surface area contributed by atoms with Crippen molar-refractivity contribution in [1.29, 1.82) is 0 Å². The molecule has 34 heavy (non-hydrogen) atoms. The second-order valence-corrected chi connectivity index (χ2v) is 9.40. The van der Waals surface area contributed by atoms with Gasteiger partial charge in [0.1, 0.15) is 12.4 Å². The number of aliphatic hydroxyl groups is 2. The van der Waals surface area contributed by atoms with Gasteiger partial charge in [-0.2, -0.15) is 13.2 Å². The predicted molar refractivity (Wildman–Crippen MR) is 121 cm³/mol. The highest BCUT2D eigenvalue weighted by atomic mass is 32.2. The highest BCUT2D eigenvalue weighted by molar-refractivity contribution is 7.92. The Balaban J connectivity index is 2.14. The molecule has 0 radical (unpaired) electrons. The first kappa shape index (κ1) is 25.5. The van der Waals surface area contributed by atoms with Crippen LogP contribution in [0.25, 0.3) is 0 Å². The molecule has 0 aliphatic rings. The third kappa shape index (κ3) is 5.69. The second-order valence-electron chi connectivity index (χ2n) is 7.59. The summed E-state index contributed by atoms with van der Waals surface area (Å²) in [5.41, 5.74) is 0.374. The van der Waals surface area contributed by atoms with E-state index in [0.717, 1.165) is 17.7 Å². The van der Waals surface area contributed by atoms with E-state index in [0.29, 0.717) is 15.9 Å². The molecule has 0 aliphatic heterocycles. The highest BCUT2D eigenvalue weighted by Gasteiger charge is 2.36. The van der Waals surface area contributed by atoms with E-state index in [1.54, 1.807) is 18.2 Å². The van der Waals surface area contributed by atoms with E-state index in [9.17, 15) is 31.8 Å². The summed E-state index contributed by atoms with van der Waals surface area (Å²) < 4.78 is 73.6. The molecule has 0 heterocycles. The zero-order chi connectivity index (χ0) is 24.9. The number of ether oxygens (including phenoxy) is 1. The molecule has 0 amide bonds. The smallest absolute Gasteiger partial charge is 0.416 e. The van der Waals surface area contributed by atoms with Gasteiger partial charge < -0.3 is 14.9 Å². The number of halogens is 3. The van der Waals surface area contributed by atoms with Crippen LogP contribution < -0.4 is 9.04 Å².